The topological polar surface area (TPSA) is 165 Å². The van der Waals surface area contributed by atoms with Crippen LogP contribution in [0.5, 0.6) is 11.5 Å². The van der Waals surface area contributed by atoms with Gasteiger partial charge in [-0.3, -0.25) is 14.4 Å². The highest BCUT2D eigenvalue weighted by Crippen LogP contribution is 2.33. The standard InChI is InChI=1S/C20H19N3O7/c1-29-10-4-3-9-5-12(18(26)23-14(9)6-10)11(7-15(21)24)16-17(25)13(20(28)30-2)8-22-19(16)27/h3-6,8,11H,7H2,1-2H3,(H2,21,24)(H,23,26)(H2,22,25,27). The number of fused-ring (bicyclic) bond motifs is 1. The second-order valence-corrected chi connectivity index (χ2v) is 6.52. The molecule has 0 bridgehead atoms. The highest BCUT2D eigenvalue weighted by molar-refractivity contribution is 5.92. The molecule has 2 heterocycles. The van der Waals surface area contributed by atoms with Gasteiger partial charge in [0.25, 0.3) is 11.1 Å². The van der Waals surface area contributed by atoms with Crippen LogP contribution >= 0.6 is 0 Å². The van der Waals surface area contributed by atoms with Crippen LogP contribution in [0.15, 0.2) is 40.1 Å². The second-order valence-electron chi connectivity index (χ2n) is 6.52. The van der Waals surface area contributed by atoms with E-state index in [2.05, 4.69) is 14.7 Å². The molecule has 0 saturated heterocycles. The van der Waals surface area contributed by atoms with Crippen molar-refractivity contribution in [2.45, 2.75) is 12.3 Å². The van der Waals surface area contributed by atoms with E-state index >= 15 is 0 Å². The number of methoxy groups -OCH3 is 2. The average Bonchev–Trinajstić information content (AvgIpc) is 2.71. The zero-order valence-corrected chi connectivity index (χ0v) is 16.1. The summed E-state index contributed by atoms with van der Waals surface area (Å²) in [5, 5.41) is 11.2. The van der Waals surface area contributed by atoms with Crippen molar-refractivity contribution in [2.24, 2.45) is 5.73 Å². The number of aromatic amines is 2. The van der Waals surface area contributed by atoms with Crippen molar-refractivity contribution in [2.75, 3.05) is 14.2 Å². The lowest BCUT2D eigenvalue weighted by molar-refractivity contribution is -0.118. The SMILES string of the molecule is COC(=O)c1c[nH]c(=O)c(C(CC(N)=O)c2cc3ccc(OC)cc3[nH]c2=O)c1O. The van der Waals surface area contributed by atoms with Crippen molar-refractivity contribution in [3.05, 3.63) is 67.9 Å². The number of nitrogens with two attached hydrogens (primary N) is 1. The Kier molecular flexibility index (Phi) is 5.58. The average molecular weight is 413 g/mol. The number of hydrogen-bond acceptors (Lipinski definition) is 7. The predicted octanol–water partition coefficient (Wildman–Crippen LogP) is 0.725. The van der Waals surface area contributed by atoms with Crippen molar-refractivity contribution in [1.29, 1.82) is 0 Å². The quantitative estimate of drug-likeness (QED) is 0.432. The fourth-order valence-electron chi connectivity index (χ4n) is 3.28. The van der Waals surface area contributed by atoms with Crippen LogP contribution in [-0.2, 0) is 9.53 Å². The van der Waals surface area contributed by atoms with Crippen molar-refractivity contribution in [3.63, 3.8) is 0 Å². The number of esters is 1. The zero-order chi connectivity index (χ0) is 22.0. The molecule has 1 unspecified atom stereocenters. The highest BCUT2D eigenvalue weighted by Gasteiger charge is 2.29. The van der Waals surface area contributed by atoms with Crippen LogP contribution in [-0.4, -0.2) is 41.2 Å². The molecule has 0 aliphatic heterocycles. The summed E-state index contributed by atoms with van der Waals surface area (Å²) in [7, 11) is 2.59. The molecule has 1 amide bonds. The summed E-state index contributed by atoms with van der Waals surface area (Å²) in [6, 6.07) is 6.47. The largest absolute Gasteiger partial charge is 0.506 e. The smallest absolute Gasteiger partial charge is 0.343 e. The van der Waals surface area contributed by atoms with Crippen molar-refractivity contribution in [3.8, 4) is 11.5 Å². The van der Waals surface area contributed by atoms with Gasteiger partial charge in [-0.15, -0.1) is 0 Å². The van der Waals surface area contributed by atoms with E-state index in [1.807, 2.05) is 0 Å². The molecule has 0 saturated carbocycles. The summed E-state index contributed by atoms with van der Waals surface area (Å²) in [5.74, 6) is -3.07. The first kappa shape index (κ1) is 20.6. The first-order valence-corrected chi connectivity index (χ1v) is 8.79. The molecule has 3 rings (SSSR count). The van der Waals surface area contributed by atoms with Crippen LogP contribution < -0.4 is 21.6 Å². The summed E-state index contributed by atoms with van der Waals surface area (Å²) in [5.41, 5.74) is 3.81. The van der Waals surface area contributed by atoms with Gasteiger partial charge in [0, 0.05) is 30.2 Å². The van der Waals surface area contributed by atoms with E-state index in [4.69, 9.17) is 10.5 Å². The van der Waals surface area contributed by atoms with Crippen LogP contribution in [0.2, 0.25) is 0 Å². The number of H-pyrrole nitrogens is 2. The van der Waals surface area contributed by atoms with Crippen molar-refractivity contribution >= 4 is 22.8 Å². The van der Waals surface area contributed by atoms with E-state index in [-0.39, 0.29) is 16.7 Å². The monoisotopic (exact) mass is 413 g/mol. The van der Waals surface area contributed by atoms with Gasteiger partial charge in [0.2, 0.25) is 5.91 Å². The van der Waals surface area contributed by atoms with Crippen LogP contribution in [0, 0.1) is 0 Å². The highest BCUT2D eigenvalue weighted by atomic mass is 16.5. The number of ether oxygens (including phenoxy) is 2. The van der Waals surface area contributed by atoms with Gasteiger partial charge in [0.15, 0.2) is 0 Å². The number of aromatic hydroxyl groups is 1. The van der Waals surface area contributed by atoms with Gasteiger partial charge in [0.1, 0.15) is 17.1 Å². The Morgan fingerprint density at radius 2 is 1.90 bits per heavy atom. The third-order valence-corrected chi connectivity index (χ3v) is 4.72. The molecule has 0 fully saturated rings. The number of primary amides is 1. The molecular formula is C20H19N3O7. The molecule has 156 valence electrons. The molecule has 0 aliphatic carbocycles. The Morgan fingerprint density at radius 3 is 2.53 bits per heavy atom. The number of hydrogen-bond donors (Lipinski definition) is 4. The maximum Gasteiger partial charge on any atom is 0.343 e. The van der Waals surface area contributed by atoms with E-state index in [9.17, 15) is 24.3 Å². The summed E-state index contributed by atoms with van der Waals surface area (Å²) < 4.78 is 9.72. The van der Waals surface area contributed by atoms with Crippen LogP contribution in [0.3, 0.4) is 0 Å². The fraction of sp³-hybridized carbons (Fsp3) is 0.200. The maximum atomic E-state index is 12.8. The third kappa shape index (κ3) is 3.75. The van der Waals surface area contributed by atoms with E-state index < -0.39 is 41.1 Å². The minimum Gasteiger partial charge on any atom is -0.506 e. The number of carbonyl (C=O) groups excluding carboxylic acids is 2. The first-order chi connectivity index (χ1) is 14.3. The number of nitrogens with one attached hydrogen (secondary N) is 2. The molecule has 10 nitrogen and oxygen atoms in total. The van der Waals surface area contributed by atoms with Crippen molar-refractivity contribution < 1.29 is 24.2 Å². The van der Waals surface area contributed by atoms with Crippen LogP contribution in [0.25, 0.3) is 10.9 Å². The van der Waals surface area contributed by atoms with Gasteiger partial charge in [-0.2, -0.15) is 0 Å². The van der Waals surface area contributed by atoms with Crippen molar-refractivity contribution in [1.82, 2.24) is 9.97 Å². The Hall–Kier alpha value is -4.08. The van der Waals surface area contributed by atoms with Gasteiger partial charge in [-0.25, -0.2) is 4.79 Å². The lowest BCUT2D eigenvalue weighted by Gasteiger charge is -2.18. The van der Waals surface area contributed by atoms with Gasteiger partial charge in [0.05, 0.1) is 25.3 Å². The summed E-state index contributed by atoms with van der Waals surface area (Å²) in [6.07, 6.45) is 0.539. The number of benzene rings is 1. The number of carbonyl (C=O) groups is 2. The lowest BCUT2D eigenvalue weighted by Crippen LogP contribution is -2.27. The molecule has 1 aromatic carbocycles. The number of aromatic nitrogens is 2. The zero-order valence-electron chi connectivity index (χ0n) is 16.1. The predicted molar refractivity (Wildman–Crippen MR) is 107 cm³/mol. The van der Waals surface area contributed by atoms with E-state index in [1.165, 1.54) is 13.2 Å². The first-order valence-electron chi connectivity index (χ1n) is 8.79. The molecule has 10 heteroatoms. The summed E-state index contributed by atoms with van der Waals surface area (Å²) >= 11 is 0. The lowest BCUT2D eigenvalue weighted by atomic mass is 9.87. The molecule has 2 aromatic heterocycles. The molecule has 5 N–H and O–H groups in total. The van der Waals surface area contributed by atoms with E-state index in [1.54, 1.807) is 18.2 Å². The molecule has 3 aromatic rings. The van der Waals surface area contributed by atoms with E-state index in [0.29, 0.717) is 16.7 Å². The summed E-state index contributed by atoms with van der Waals surface area (Å²) in [4.78, 5) is 53.9. The Labute approximate surface area is 169 Å². The van der Waals surface area contributed by atoms with Crippen LogP contribution in [0.4, 0.5) is 0 Å². The minimum atomic E-state index is -1.20. The van der Waals surface area contributed by atoms with Crippen LogP contribution in [0.1, 0.15) is 33.8 Å². The molecule has 0 spiro atoms. The Bertz CT molecular complexity index is 1260. The molecule has 30 heavy (non-hydrogen) atoms. The van der Waals surface area contributed by atoms with Gasteiger partial charge >= 0.3 is 5.97 Å². The maximum absolute atomic E-state index is 12.8. The van der Waals surface area contributed by atoms with Gasteiger partial charge in [-0.05, 0) is 23.6 Å². The number of rotatable bonds is 6. The van der Waals surface area contributed by atoms with E-state index in [0.717, 1.165) is 13.3 Å². The molecular weight excluding hydrogens is 394 g/mol. The fourth-order valence-corrected chi connectivity index (χ4v) is 3.28. The number of pyridine rings is 2. The minimum absolute atomic E-state index is 0.0225. The Balaban J connectivity index is 2.28. The normalized spacial score (nSPS) is 11.8. The van der Waals surface area contributed by atoms with Gasteiger partial charge < -0.3 is 30.3 Å². The Morgan fingerprint density at radius 1 is 1.17 bits per heavy atom. The molecule has 0 aliphatic rings. The molecule has 0 radical (unpaired) electrons. The summed E-state index contributed by atoms with van der Waals surface area (Å²) in [6.45, 7) is 0. The molecule has 1 atom stereocenters. The van der Waals surface area contributed by atoms with Gasteiger partial charge in [-0.1, -0.05) is 0 Å². The number of amides is 1. The second kappa shape index (κ2) is 8.11. The third-order valence-electron chi connectivity index (χ3n) is 4.72.